The van der Waals surface area contributed by atoms with Gasteiger partial charge in [-0.05, 0) is 18.2 Å². The summed E-state index contributed by atoms with van der Waals surface area (Å²) in [6.07, 6.45) is 0. The number of aromatic carboxylic acids is 1. The predicted octanol–water partition coefficient (Wildman–Crippen LogP) is 3.31. The van der Waals surface area contributed by atoms with E-state index in [-0.39, 0.29) is 11.4 Å². The Balaban J connectivity index is 2.50. The van der Waals surface area contributed by atoms with Crippen molar-refractivity contribution in [2.45, 2.75) is 0 Å². The molecule has 0 atom stereocenters. The molecule has 0 radical (unpaired) electrons. The normalized spacial score (nSPS) is 10.2. The lowest BCUT2D eigenvalue weighted by Gasteiger charge is -2.08. The maximum atomic E-state index is 13.6. The van der Waals surface area contributed by atoms with Gasteiger partial charge in [-0.25, -0.2) is 13.6 Å². The molecule has 2 aromatic rings. The van der Waals surface area contributed by atoms with Crippen molar-refractivity contribution in [3.8, 4) is 0 Å². The molecule has 2 N–H and O–H groups in total. The molecule has 0 bridgehead atoms. The average Bonchev–Trinajstić information content (AvgIpc) is 2.37. The third kappa shape index (κ3) is 3.11. The maximum Gasteiger partial charge on any atom is 0.338 e. The number of halogens is 2. The molecule has 0 saturated carbocycles. The molecular formula is C13H8F2N2O4. The second-order valence-electron chi connectivity index (χ2n) is 4.05. The highest BCUT2D eigenvalue weighted by molar-refractivity contribution is 5.90. The lowest BCUT2D eigenvalue weighted by atomic mass is 10.1. The fourth-order valence-electron chi connectivity index (χ4n) is 1.70. The quantitative estimate of drug-likeness (QED) is 0.666. The number of benzene rings is 2. The number of rotatable bonds is 4. The number of nitro benzene ring substituents is 1. The molecule has 108 valence electrons. The Morgan fingerprint density at radius 2 is 1.95 bits per heavy atom. The molecule has 0 amide bonds. The van der Waals surface area contributed by atoms with Gasteiger partial charge < -0.3 is 10.4 Å². The first-order valence-electron chi connectivity index (χ1n) is 5.62. The number of nitrogens with zero attached hydrogens (tertiary/aromatic N) is 1. The summed E-state index contributed by atoms with van der Waals surface area (Å²) < 4.78 is 26.7. The zero-order valence-corrected chi connectivity index (χ0v) is 10.3. The minimum absolute atomic E-state index is 0.167. The SMILES string of the molecule is O=C(O)c1cc([N+](=O)[O-])c(Nc2cccc(F)c2)cc1F. The molecule has 0 aliphatic heterocycles. The fourth-order valence-corrected chi connectivity index (χ4v) is 1.70. The standard InChI is InChI=1S/C13H8F2N2O4/c14-7-2-1-3-8(4-7)16-11-6-10(15)9(13(18)19)5-12(11)17(20)21/h1-6,16H,(H,18,19). The van der Waals surface area contributed by atoms with Crippen LogP contribution in [0.3, 0.4) is 0 Å². The number of anilines is 2. The van der Waals surface area contributed by atoms with Crippen molar-refractivity contribution in [1.29, 1.82) is 0 Å². The highest BCUT2D eigenvalue weighted by Gasteiger charge is 2.22. The van der Waals surface area contributed by atoms with Crippen LogP contribution in [0.2, 0.25) is 0 Å². The fraction of sp³-hybridized carbons (Fsp3) is 0. The van der Waals surface area contributed by atoms with Crippen LogP contribution in [0.5, 0.6) is 0 Å². The van der Waals surface area contributed by atoms with Crippen LogP contribution in [0.15, 0.2) is 36.4 Å². The van der Waals surface area contributed by atoms with Crippen molar-refractivity contribution >= 4 is 23.0 Å². The summed E-state index contributed by atoms with van der Waals surface area (Å²) in [5.74, 6) is -3.33. The van der Waals surface area contributed by atoms with Crippen LogP contribution in [-0.4, -0.2) is 16.0 Å². The molecule has 0 heterocycles. The van der Waals surface area contributed by atoms with Gasteiger partial charge in [0.05, 0.1) is 4.92 Å². The van der Waals surface area contributed by atoms with Crippen LogP contribution in [0.4, 0.5) is 25.8 Å². The summed E-state index contributed by atoms with van der Waals surface area (Å²) in [6, 6.07) is 6.33. The molecule has 0 aromatic heterocycles. The van der Waals surface area contributed by atoms with Crippen LogP contribution < -0.4 is 5.32 Å². The number of hydrogen-bond acceptors (Lipinski definition) is 4. The summed E-state index contributed by atoms with van der Waals surface area (Å²) in [5, 5.41) is 22.2. The van der Waals surface area contributed by atoms with Crippen molar-refractivity contribution in [3.63, 3.8) is 0 Å². The molecule has 0 unspecified atom stereocenters. The lowest BCUT2D eigenvalue weighted by molar-refractivity contribution is -0.384. The van der Waals surface area contributed by atoms with Gasteiger partial charge in [0, 0.05) is 17.8 Å². The van der Waals surface area contributed by atoms with Gasteiger partial charge in [0.25, 0.3) is 5.69 Å². The molecule has 6 nitrogen and oxygen atoms in total. The highest BCUT2D eigenvalue weighted by atomic mass is 19.1. The van der Waals surface area contributed by atoms with Crippen molar-refractivity contribution in [2.75, 3.05) is 5.32 Å². The zero-order valence-electron chi connectivity index (χ0n) is 10.3. The third-order valence-electron chi connectivity index (χ3n) is 2.62. The van der Waals surface area contributed by atoms with Gasteiger partial charge in [0.2, 0.25) is 0 Å². The Kier molecular flexibility index (Phi) is 3.79. The van der Waals surface area contributed by atoms with Crippen LogP contribution in [0, 0.1) is 21.7 Å². The Morgan fingerprint density at radius 3 is 2.52 bits per heavy atom. The third-order valence-corrected chi connectivity index (χ3v) is 2.62. The largest absolute Gasteiger partial charge is 0.478 e. The van der Waals surface area contributed by atoms with E-state index in [0.29, 0.717) is 12.1 Å². The smallest absolute Gasteiger partial charge is 0.338 e. The van der Waals surface area contributed by atoms with Crippen LogP contribution in [0.1, 0.15) is 10.4 Å². The molecule has 0 fully saturated rings. The Labute approximate surface area is 116 Å². The van der Waals surface area contributed by atoms with Crippen LogP contribution in [0.25, 0.3) is 0 Å². The van der Waals surface area contributed by atoms with E-state index in [2.05, 4.69) is 5.32 Å². The van der Waals surface area contributed by atoms with E-state index in [0.717, 1.165) is 6.07 Å². The van der Waals surface area contributed by atoms with E-state index in [1.54, 1.807) is 0 Å². The van der Waals surface area contributed by atoms with Gasteiger partial charge in [0.15, 0.2) is 0 Å². The highest BCUT2D eigenvalue weighted by Crippen LogP contribution is 2.30. The summed E-state index contributed by atoms with van der Waals surface area (Å²) in [5.41, 5.74) is -1.54. The van der Waals surface area contributed by atoms with Gasteiger partial charge in [0.1, 0.15) is 22.9 Å². The summed E-state index contributed by atoms with van der Waals surface area (Å²) in [6.45, 7) is 0. The lowest BCUT2D eigenvalue weighted by Crippen LogP contribution is -2.05. The van der Waals surface area contributed by atoms with Crippen molar-refractivity contribution in [3.05, 3.63) is 63.7 Å². The van der Waals surface area contributed by atoms with Crippen molar-refractivity contribution in [2.24, 2.45) is 0 Å². The maximum absolute atomic E-state index is 13.6. The number of nitrogens with one attached hydrogen (secondary N) is 1. The van der Waals surface area contributed by atoms with Gasteiger partial charge >= 0.3 is 5.97 Å². The van der Waals surface area contributed by atoms with Crippen LogP contribution in [-0.2, 0) is 0 Å². The van der Waals surface area contributed by atoms with Crippen molar-refractivity contribution in [1.82, 2.24) is 0 Å². The molecule has 0 saturated heterocycles. The second-order valence-corrected chi connectivity index (χ2v) is 4.05. The molecule has 0 aliphatic rings. The first-order chi connectivity index (χ1) is 9.88. The zero-order chi connectivity index (χ0) is 15.6. The average molecular weight is 294 g/mol. The minimum Gasteiger partial charge on any atom is -0.478 e. The van der Waals surface area contributed by atoms with Gasteiger partial charge in [-0.3, -0.25) is 10.1 Å². The van der Waals surface area contributed by atoms with E-state index < -0.39 is 33.8 Å². The first-order valence-corrected chi connectivity index (χ1v) is 5.62. The topological polar surface area (TPSA) is 92.5 Å². The number of nitro groups is 1. The van der Waals surface area contributed by atoms with E-state index in [1.807, 2.05) is 0 Å². The first kappa shape index (κ1) is 14.4. The van der Waals surface area contributed by atoms with E-state index in [1.165, 1.54) is 18.2 Å². The second kappa shape index (κ2) is 5.53. The number of hydrogen-bond donors (Lipinski definition) is 2. The molecule has 0 aliphatic carbocycles. The van der Waals surface area contributed by atoms with Gasteiger partial charge in [-0.2, -0.15) is 0 Å². The van der Waals surface area contributed by atoms with Gasteiger partial charge in [-0.15, -0.1) is 0 Å². The molecule has 21 heavy (non-hydrogen) atoms. The Morgan fingerprint density at radius 1 is 1.24 bits per heavy atom. The summed E-state index contributed by atoms with van der Waals surface area (Å²) in [4.78, 5) is 20.9. The van der Waals surface area contributed by atoms with Crippen molar-refractivity contribution < 1.29 is 23.6 Å². The molecular weight excluding hydrogens is 286 g/mol. The monoisotopic (exact) mass is 294 g/mol. The van der Waals surface area contributed by atoms with E-state index in [9.17, 15) is 23.7 Å². The molecule has 2 aromatic carbocycles. The number of carbonyl (C=O) groups is 1. The summed E-state index contributed by atoms with van der Waals surface area (Å²) in [7, 11) is 0. The summed E-state index contributed by atoms with van der Waals surface area (Å²) >= 11 is 0. The number of carboxylic acids is 1. The van der Waals surface area contributed by atoms with Crippen LogP contribution >= 0.6 is 0 Å². The Bertz CT molecular complexity index is 734. The molecule has 8 heteroatoms. The molecule has 2 rings (SSSR count). The predicted molar refractivity (Wildman–Crippen MR) is 69.7 cm³/mol. The number of carboxylic acid groups (broad SMARTS) is 1. The van der Waals surface area contributed by atoms with E-state index in [4.69, 9.17) is 5.11 Å². The van der Waals surface area contributed by atoms with E-state index >= 15 is 0 Å². The van der Waals surface area contributed by atoms with Gasteiger partial charge in [-0.1, -0.05) is 6.07 Å². The Hall–Kier alpha value is -3.03. The molecule has 0 spiro atoms. The minimum atomic E-state index is -1.62.